The van der Waals surface area contributed by atoms with E-state index in [-0.39, 0.29) is 0 Å². The minimum atomic E-state index is 0.600. The number of rotatable bonds is 2. The van der Waals surface area contributed by atoms with E-state index in [1.807, 2.05) is 29.4 Å². The summed E-state index contributed by atoms with van der Waals surface area (Å²) in [6, 6.07) is 8.27. The molecule has 0 radical (unpaired) electrons. The Kier molecular flexibility index (Phi) is 3.02. The third kappa shape index (κ3) is 1.98. The van der Waals surface area contributed by atoms with Crippen molar-refractivity contribution >= 4 is 12.2 Å². The van der Waals surface area contributed by atoms with Crippen molar-refractivity contribution in [1.29, 1.82) is 0 Å². The first kappa shape index (κ1) is 12.8. The zero-order valence-electron chi connectivity index (χ0n) is 11.6. The van der Waals surface area contributed by atoms with Crippen LogP contribution in [0.3, 0.4) is 0 Å². The summed E-state index contributed by atoms with van der Waals surface area (Å²) in [6.07, 6.45) is 1.82. The zero-order valence-corrected chi connectivity index (χ0v) is 12.4. The van der Waals surface area contributed by atoms with Gasteiger partial charge in [0.1, 0.15) is 0 Å². The normalized spacial score (nSPS) is 10.9. The molecule has 0 aliphatic heterocycles. The van der Waals surface area contributed by atoms with Crippen molar-refractivity contribution in [3.63, 3.8) is 0 Å². The van der Waals surface area contributed by atoms with Crippen LogP contribution >= 0.6 is 12.2 Å². The van der Waals surface area contributed by atoms with E-state index in [0.717, 1.165) is 22.8 Å². The van der Waals surface area contributed by atoms with Crippen molar-refractivity contribution in [2.45, 2.75) is 13.8 Å². The lowest BCUT2D eigenvalue weighted by atomic mass is 10.2. The Morgan fingerprint density at radius 3 is 2.45 bits per heavy atom. The van der Waals surface area contributed by atoms with Crippen LogP contribution < -0.4 is 0 Å². The molecule has 2 heterocycles. The van der Waals surface area contributed by atoms with Crippen LogP contribution in [0.25, 0.3) is 17.1 Å². The molecule has 0 spiro atoms. The summed E-state index contributed by atoms with van der Waals surface area (Å²) in [4.78, 5) is 0. The summed E-state index contributed by atoms with van der Waals surface area (Å²) in [6.45, 7) is 4.10. The van der Waals surface area contributed by atoms with Crippen LogP contribution in [0, 0.1) is 18.6 Å². The number of aromatic amines is 1. The highest BCUT2D eigenvalue weighted by molar-refractivity contribution is 7.71. The van der Waals surface area contributed by atoms with Crippen LogP contribution in [-0.2, 0) is 7.05 Å². The summed E-state index contributed by atoms with van der Waals surface area (Å²) in [5.41, 5.74) is 4.27. The number of nitrogens with zero attached hydrogens (tertiary/aromatic N) is 4. The molecule has 5 nitrogen and oxygen atoms in total. The molecule has 0 unspecified atom stereocenters. The topological polar surface area (TPSA) is 51.4 Å². The highest BCUT2D eigenvalue weighted by Crippen LogP contribution is 2.23. The van der Waals surface area contributed by atoms with Crippen LogP contribution in [0.2, 0.25) is 0 Å². The van der Waals surface area contributed by atoms with Crippen molar-refractivity contribution in [2.75, 3.05) is 0 Å². The van der Waals surface area contributed by atoms with E-state index in [4.69, 9.17) is 12.2 Å². The SMILES string of the molecule is Cc1ccc(-n2ncc(-c3n[nH]c(=S)n3C)c2C)cc1. The number of H-pyrrole nitrogens is 1. The van der Waals surface area contributed by atoms with Gasteiger partial charge in [-0.05, 0) is 38.2 Å². The maximum Gasteiger partial charge on any atom is 0.195 e. The summed E-state index contributed by atoms with van der Waals surface area (Å²) < 4.78 is 4.35. The van der Waals surface area contributed by atoms with Gasteiger partial charge in [-0.25, -0.2) is 4.68 Å². The predicted octanol–water partition coefficient (Wildman–Crippen LogP) is 2.95. The second kappa shape index (κ2) is 4.72. The Labute approximate surface area is 121 Å². The van der Waals surface area contributed by atoms with Crippen molar-refractivity contribution in [2.24, 2.45) is 7.05 Å². The first-order valence-electron chi connectivity index (χ1n) is 6.31. The van der Waals surface area contributed by atoms with Gasteiger partial charge in [0, 0.05) is 7.05 Å². The van der Waals surface area contributed by atoms with E-state index in [9.17, 15) is 0 Å². The van der Waals surface area contributed by atoms with Crippen LogP contribution in [0.1, 0.15) is 11.3 Å². The van der Waals surface area contributed by atoms with Crippen LogP contribution in [0.15, 0.2) is 30.5 Å². The average molecular weight is 285 g/mol. The molecule has 1 aromatic carbocycles. The molecule has 0 aliphatic carbocycles. The molecule has 0 aliphatic rings. The van der Waals surface area contributed by atoms with Gasteiger partial charge in [-0.3, -0.25) is 5.10 Å². The minimum absolute atomic E-state index is 0.600. The van der Waals surface area contributed by atoms with Gasteiger partial charge in [0.25, 0.3) is 0 Å². The third-order valence-electron chi connectivity index (χ3n) is 3.41. The maximum atomic E-state index is 5.15. The second-order valence-electron chi connectivity index (χ2n) is 4.80. The van der Waals surface area contributed by atoms with Gasteiger partial charge in [-0.1, -0.05) is 17.7 Å². The molecule has 0 amide bonds. The smallest absolute Gasteiger partial charge is 0.195 e. The summed E-state index contributed by atoms with van der Waals surface area (Å²) in [5, 5.41) is 11.5. The van der Waals surface area contributed by atoms with Crippen molar-refractivity contribution in [3.8, 4) is 17.1 Å². The van der Waals surface area contributed by atoms with Crippen LogP contribution in [0.4, 0.5) is 0 Å². The Hall–Kier alpha value is -2.21. The number of aromatic nitrogens is 5. The fourth-order valence-corrected chi connectivity index (χ4v) is 2.30. The van der Waals surface area contributed by atoms with Crippen LogP contribution in [-0.4, -0.2) is 24.5 Å². The molecule has 0 saturated carbocycles. The molecular formula is C14H15N5S. The van der Waals surface area contributed by atoms with E-state index in [2.05, 4.69) is 46.5 Å². The summed E-state index contributed by atoms with van der Waals surface area (Å²) in [5.74, 6) is 0.797. The van der Waals surface area contributed by atoms with Gasteiger partial charge in [-0.15, -0.1) is 0 Å². The van der Waals surface area contributed by atoms with E-state index < -0.39 is 0 Å². The quantitative estimate of drug-likeness (QED) is 0.737. The Balaban J connectivity index is 2.11. The fraction of sp³-hybridized carbons (Fsp3) is 0.214. The lowest BCUT2D eigenvalue weighted by molar-refractivity contribution is 0.845. The Morgan fingerprint density at radius 1 is 1.15 bits per heavy atom. The van der Waals surface area contributed by atoms with Gasteiger partial charge >= 0.3 is 0 Å². The van der Waals surface area contributed by atoms with E-state index in [1.165, 1.54) is 5.56 Å². The maximum absolute atomic E-state index is 5.15. The van der Waals surface area contributed by atoms with Gasteiger partial charge in [-0.2, -0.15) is 10.2 Å². The Morgan fingerprint density at radius 2 is 1.85 bits per heavy atom. The van der Waals surface area contributed by atoms with E-state index in [0.29, 0.717) is 4.77 Å². The van der Waals surface area contributed by atoms with E-state index in [1.54, 1.807) is 0 Å². The number of aryl methyl sites for hydroxylation is 1. The lowest BCUT2D eigenvalue weighted by Crippen LogP contribution is -1.99. The summed E-state index contributed by atoms with van der Waals surface area (Å²) in [7, 11) is 1.89. The highest BCUT2D eigenvalue weighted by Gasteiger charge is 2.14. The predicted molar refractivity (Wildman–Crippen MR) is 80.4 cm³/mol. The van der Waals surface area contributed by atoms with Gasteiger partial charge in [0.15, 0.2) is 10.6 Å². The standard InChI is InChI=1S/C14H15N5S/c1-9-4-6-11(7-5-9)19-10(2)12(8-15-19)13-16-17-14(20)18(13)3/h4-8H,1-3H3,(H,17,20). The second-order valence-corrected chi connectivity index (χ2v) is 5.19. The van der Waals surface area contributed by atoms with Crippen molar-refractivity contribution < 1.29 is 0 Å². The molecule has 0 bridgehead atoms. The number of benzene rings is 1. The monoisotopic (exact) mass is 285 g/mol. The van der Waals surface area contributed by atoms with Crippen molar-refractivity contribution in [1.82, 2.24) is 24.5 Å². The molecule has 20 heavy (non-hydrogen) atoms. The van der Waals surface area contributed by atoms with E-state index >= 15 is 0 Å². The lowest BCUT2D eigenvalue weighted by Gasteiger charge is -2.05. The molecule has 0 saturated heterocycles. The van der Waals surface area contributed by atoms with Crippen LogP contribution in [0.5, 0.6) is 0 Å². The first-order chi connectivity index (χ1) is 9.58. The van der Waals surface area contributed by atoms with Gasteiger partial charge in [0.05, 0.1) is 23.1 Å². The molecule has 2 aromatic heterocycles. The molecule has 3 rings (SSSR count). The number of hydrogen-bond donors (Lipinski definition) is 1. The number of hydrogen-bond acceptors (Lipinski definition) is 3. The molecular weight excluding hydrogens is 270 g/mol. The zero-order chi connectivity index (χ0) is 14.3. The summed E-state index contributed by atoms with van der Waals surface area (Å²) >= 11 is 5.15. The first-order valence-corrected chi connectivity index (χ1v) is 6.72. The number of nitrogens with one attached hydrogen (secondary N) is 1. The van der Waals surface area contributed by atoms with Gasteiger partial charge < -0.3 is 4.57 Å². The Bertz CT molecular complexity index is 807. The third-order valence-corrected chi connectivity index (χ3v) is 3.77. The fourth-order valence-electron chi connectivity index (χ4n) is 2.16. The minimum Gasteiger partial charge on any atom is -0.303 e. The molecule has 0 atom stereocenters. The van der Waals surface area contributed by atoms with Gasteiger partial charge in [0.2, 0.25) is 0 Å². The van der Waals surface area contributed by atoms with Crippen molar-refractivity contribution in [3.05, 3.63) is 46.5 Å². The molecule has 102 valence electrons. The molecule has 0 fully saturated rings. The molecule has 1 N–H and O–H groups in total. The largest absolute Gasteiger partial charge is 0.303 e. The average Bonchev–Trinajstić information content (AvgIpc) is 2.96. The molecule has 3 aromatic rings. The highest BCUT2D eigenvalue weighted by atomic mass is 32.1. The molecule has 6 heteroatoms.